The molecule has 0 bridgehead atoms. The minimum Gasteiger partial charge on any atom is -0.506 e. The van der Waals surface area contributed by atoms with Crippen LogP contribution in [0.1, 0.15) is 5.56 Å². The third-order valence-electron chi connectivity index (χ3n) is 3.36. The first-order valence-corrected chi connectivity index (χ1v) is 6.13. The number of nitrogens with zero attached hydrogens (tertiary/aromatic N) is 2. The number of fused-ring (bicyclic) bond motifs is 1. The number of phenolic OH excluding ortho intramolecular Hbond substituents is 1. The number of aromatic hydroxyl groups is 1. The first kappa shape index (κ1) is 11.7. The van der Waals surface area contributed by atoms with Crippen molar-refractivity contribution < 1.29 is 5.11 Å². The van der Waals surface area contributed by atoms with E-state index in [1.165, 1.54) is 0 Å². The quantitative estimate of drug-likeness (QED) is 0.737. The first-order valence-electron chi connectivity index (χ1n) is 6.13. The summed E-state index contributed by atoms with van der Waals surface area (Å²) in [6.45, 7) is 0.491. The number of pyridine rings is 1. The molecule has 0 aliphatic heterocycles. The summed E-state index contributed by atoms with van der Waals surface area (Å²) in [5, 5.41) is 10.9. The number of rotatable bonds is 2. The van der Waals surface area contributed by atoms with E-state index in [0.717, 1.165) is 27.9 Å². The molecule has 0 aliphatic carbocycles. The highest BCUT2D eigenvalue weighted by Gasteiger charge is 2.11. The van der Waals surface area contributed by atoms with E-state index in [2.05, 4.69) is 4.98 Å². The molecule has 0 fully saturated rings. The number of aryl methyl sites for hydroxylation is 1. The van der Waals surface area contributed by atoms with Crippen LogP contribution < -0.4 is 5.73 Å². The van der Waals surface area contributed by atoms with Crippen LogP contribution >= 0.6 is 0 Å². The lowest BCUT2D eigenvalue weighted by molar-refractivity contribution is 0.479. The van der Waals surface area contributed by atoms with Crippen molar-refractivity contribution in [2.45, 2.75) is 6.54 Å². The Morgan fingerprint density at radius 3 is 2.84 bits per heavy atom. The summed E-state index contributed by atoms with van der Waals surface area (Å²) in [4.78, 5) is 4.39. The Kier molecular flexibility index (Phi) is 2.72. The second-order valence-corrected chi connectivity index (χ2v) is 4.56. The highest BCUT2D eigenvalue weighted by molar-refractivity contribution is 5.90. The second-order valence-electron chi connectivity index (χ2n) is 4.56. The van der Waals surface area contributed by atoms with Gasteiger partial charge in [-0.3, -0.25) is 4.98 Å². The predicted octanol–water partition coefficient (Wildman–Crippen LogP) is 2.40. The van der Waals surface area contributed by atoms with Gasteiger partial charge < -0.3 is 15.4 Å². The lowest BCUT2D eigenvalue weighted by Crippen LogP contribution is -1.99. The van der Waals surface area contributed by atoms with Gasteiger partial charge in [0.2, 0.25) is 0 Å². The van der Waals surface area contributed by atoms with Gasteiger partial charge in [0.1, 0.15) is 5.75 Å². The zero-order valence-corrected chi connectivity index (χ0v) is 10.7. The average Bonchev–Trinajstić information content (AvgIpc) is 2.77. The minimum absolute atomic E-state index is 0.279. The Hall–Kier alpha value is -2.33. The van der Waals surface area contributed by atoms with Gasteiger partial charge in [-0.2, -0.15) is 0 Å². The van der Waals surface area contributed by atoms with Crippen LogP contribution in [-0.4, -0.2) is 14.7 Å². The fourth-order valence-corrected chi connectivity index (χ4v) is 2.38. The van der Waals surface area contributed by atoms with E-state index in [1.54, 1.807) is 12.3 Å². The van der Waals surface area contributed by atoms with Crippen molar-refractivity contribution in [1.29, 1.82) is 0 Å². The summed E-state index contributed by atoms with van der Waals surface area (Å²) < 4.78 is 1.95. The second kappa shape index (κ2) is 4.40. The number of hydrogen-bond donors (Lipinski definition) is 2. The van der Waals surface area contributed by atoms with E-state index in [0.29, 0.717) is 6.54 Å². The molecule has 0 unspecified atom stereocenters. The molecule has 2 heterocycles. The van der Waals surface area contributed by atoms with Gasteiger partial charge in [-0.15, -0.1) is 0 Å². The molecule has 3 N–H and O–H groups in total. The fraction of sp³-hybridized carbons (Fsp3) is 0.133. The van der Waals surface area contributed by atoms with Crippen molar-refractivity contribution in [2.75, 3.05) is 0 Å². The molecule has 0 spiro atoms. The SMILES string of the molecule is Cn1c(-c2cc(CN)ccn2)cc2cccc(O)c21. The molecule has 0 radical (unpaired) electrons. The Balaban J connectivity index is 2.25. The summed E-state index contributed by atoms with van der Waals surface area (Å²) in [5.41, 5.74) is 9.34. The van der Waals surface area contributed by atoms with Gasteiger partial charge in [0, 0.05) is 25.2 Å². The zero-order valence-electron chi connectivity index (χ0n) is 10.7. The molecule has 0 aliphatic rings. The molecule has 4 heteroatoms. The van der Waals surface area contributed by atoms with Crippen molar-refractivity contribution in [3.63, 3.8) is 0 Å². The number of para-hydroxylation sites is 1. The van der Waals surface area contributed by atoms with Gasteiger partial charge in [0.05, 0.1) is 16.9 Å². The summed E-state index contributed by atoms with van der Waals surface area (Å²) >= 11 is 0. The van der Waals surface area contributed by atoms with Crippen molar-refractivity contribution in [3.8, 4) is 17.1 Å². The van der Waals surface area contributed by atoms with Crippen LogP contribution in [0.5, 0.6) is 5.75 Å². The highest BCUT2D eigenvalue weighted by Crippen LogP contribution is 2.31. The summed E-state index contributed by atoms with van der Waals surface area (Å²) in [6.07, 6.45) is 1.76. The van der Waals surface area contributed by atoms with Crippen molar-refractivity contribution in [1.82, 2.24) is 9.55 Å². The zero-order chi connectivity index (χ0) is 13.4. The van der Waals surface area contributed by atoms with E-state index >= 15 is 0 Å². The third-order valence-corrected chi connectivity index (χ3v) is 3.36. The van der Waals surface area contributed by atoms with Crippen LogP contribution in [0.3, 0.4) is 0 Å². The van der Waals surface area contributed by atoms with Crippen molar-refractivity contribution in [2.24, 2.45) is 12.8 Å². The van der Waals surface area contributed by atoms with Crippen LogP contribution in [0.2, 0.25) is 0 Å². The lowest BCUT2D eigenvalue weighted by atomic mass is 10.2. The molecular formula is C15H15N3O. The molecule has 0 amide bonds. The molecule has 3 aromatic rings. The van der Waals surface area contributed by atoms with Crippen LogP contribution in [-0.2, 0) is 13.6 Å². The third kappa shape index (κ3) is 1.86. The minimum atomic E-state index is 0.279. The average molecular weight is 253 g/mol. The normalized spacial score (nSPS) is 11.1. The number of hydrogen-bond acceptors (Lipinski definition) is 3. The largest absolute Gasteiger partial charge is 0.506 e. The van der Waals surface area contributed by atoms with E-state index in [9.17, 15) is 5.11 Å². The molecule has 4 nitrogen and oxygen atoms in total. The topological polar surface area (TPSA) is 64.1 Å². The monoisotopic (exact) mass is 253 g/mol. The molecule has 1 aromatic carbocycles. The van der Waals surface area contributed by atoms with Gasteiger partial charge in [0.15, 0.2) is 0 Å². The molecule has 0 atom stereocenters. The van der Waals surface area contributed by atoms with Crippen LogP contribution in [0.4, 0.5) is 0 Å². The van der Waals surface area contributed by atoms with E-state index in [4.69, 9.17) is 5.73 Å². The van der Waals surface area contributed by atoms with Crippen LogP contribution in [0.25, 0.3) is 22.3 Å². The van der Waals surface area contributed by atoms with E-state index < -0.39 is 0 Å². The fourth-order valence-electron chi connectivity index (χ4n) is 2.38. The maximum absolute atomic E-state index is 9.95. The molecule has 96 valence electrons. The lowest BCUT2D eigenvalue weighted by Gasteiger charge is -2.06. The maximum atomic E-state index is 9.95. The standard InChI is InChI=1S/C15H15N3O/c1-18-13(12-7-10(9-16)5-6-17-12)8-11-3-2-4-14(19)15(11)18/h2-8,19H,9,16H2,1H3. The Bertz CT molecular complexity index is 746. The van der Waals surface area contributed by atoms with Gasteiger partial charge in [-0.05, 0) is 29.8 Å². The summed E-state index contributed by atoms with van der Waals surface area (Å²) in [5.74, 6) is 0.279. The van der Waals surface area contributed by atoms with Gasteiger partial charge in [-0.1, -0.05) is 12.1 Å². The molecule has 2 aromatic heterocycles. The predicted molar refractivity (Wildman–Crippen MR) is 75.7 cm³/mol. The Morgan fingerprint density at radius 2 is 2.11 bits per heavy atom. The van der Waals surface area contributed by atoms with Crippen LogP contribution in [0, 0.1) is 0 Å². The molecule has 0 saturated heterocycles. The highest BCUT2D eigenvalue weighted by atomic mass is 16.3. The van der Waals surface area contributed by atoms with Gasteiger partial charge >= 0.3 is 0 Å². The van der Waals surface area contributed by atoms with Crippen LogP contribution in [0.15, 0.2) is 42.6 Å². The number of phenols is 1. The maximum Gasteiger partial charge on any atom is 0.139 e. The smallest absolute Gasteiger partial charge is 0.139 e. The van der Waals surface area contributed by atoms with E-state index in [1.807, 2.05) is 41.9 Å². The molecule has 19 heavy (non-hydrogen) atoms. The Labute approximate surface area is 111 Å². The first-order chi connectivity index (χ1) is 9.20. The number of aromatic nitrogens is 2. The van der Waals surface area contributed by atoms with Gasteiger partial charge in [0.25, 0.3) is 0 Å². The van der Waals surface area contributed by atoms with Gasteiger partial charge in [-0.25, -0.2) is 0 Å². The van der Waals surface area contributed by atoms with E-state index in [-0.39, 0.29) is 5.75 Å². The number of benzene rings is 1. The summed E-state index contributed by atoms with van der Waals surface area (Å²) in [7, 11) is 1.92. The van der Waals surface area contributed by atoms with Crippen molar-refractivity contribution in [3.05, 3.63) is 48.2 Å². The molecule has 3 rings (SSSR count). The molecular weight excluding hydrogens is 238 g/mol. The molecule has 0 saturated carbocycles. The Morgan fingerprint density at radius 1 is 1.26 bits per heavy atom. The number of nitrogens with two attached hydrogens (primary N) is 1. The van der Waals surface area contributed by atoms with Crippen molar-refractivity contribution >= 4 is 10.9 Å². The summed E-state index contributed by atoms with van der Waals surface area (Å²) in [6, 6.07) is 11.4.